The molecule has 112 valence electrons. The summed E-state index contributed by atoms with van der Waals surface area (Å²) in [5, 5.41) is 12.5. The second-order valence-electron chi connectivity index (χ2n) is 4.64. The van der Waals surface area contributed by atoms with Crippen molar-refractivity contribution in [2.75, 3.05) is 19.8 Å². The van der Waals surface area contributed by atoms with Crippen LogP contribution in [-0.4, -0.2) is 30.8 Å². The average Bonchev–Trinajstić information content (AvgIpc) is 2.44. The number of amides is 1. The minimum Gasteiger partial charge on any atom is -0.482 e. The molecule has 0 heterocycles. The molecule has 0 bridgehead atoms. The molecule has 2 N–H and O–H groups in total. The molecule has 1 aromatic rings. The van der Waals surface area contributed by atoms with Crippen molar-refractivity contribution in [3.05, 3.63) is 28.2 Å². The highest BCUT2D eigenvalue weighted by Crippen LogP contribution is 2.27. The van der Waals surface area contributed by atoms with Crippen LogP contribution in [0, 0.1) is 5.92 Å². The number of halogens is 2. The number of rotatable bonds is 8. The Morgan fingerprint density at radius 2 is 2.20 bits per heavy atom. The zero-order chi connectivity index (χ0) is 15.0. The molecule has 0 aliphatic rings. The highest BCUT2D eigenvalue weighted by Gasteiger charge is 2.07. The first kappa shape index (κ1) is 17.1. The Kier molecular flexibility index (Phi) is 7.73. The van der Waals surface area contributed by atoms with E-state index >= 15 is 0 Å². The van der Waals surface area contributed by atoms with Crippen molar-refractivity contribution in [2.24, 2.45) is 5.92 Å². The number of benzene rings is 1. The predicted molar refractivity (Wildman–Crippen MR) is 80.5 cm³/mol. The molecule has 20 heavy (non-hydrogen) atoms. The Balaban J connectivity index is 2.24. The summed E-state index contributed by atoms with van der Waals surface area (Å²) in [5.74, 6) is 0.439. The van der Waals surface area contributed by atoms with Crippen molar-refractivity contribution in [3.63, 3.8) is 0 Å². The number of ether oxygens (including phenoxy) is 1. The summed E-state index contributed by atoms with van der Waals surface area (Å²) in [6.07, 6.45) is 1.70. The minimum absolute atomic E-state index is 0.102. The van der Waals surface area contributed by atoms with Gasteiger partial charge in [-0.15, -0.1) is 0 Å². The van der Waals surface area contributed by atoms with Gasteiger partial charge in [0.05, 0.1) is 5.02 Å². The van der Waals surface area contributed by atoms with E-state index < -0.39 is 0 Å². The zero-order valence-corrected chi connectivity index (χ0v) is 12.9. The normalized spacial score (nSPS) is 12.0. The third kappa shape index (κ3) is 6.46. The van der Waals surface area contributed by atoms with E-state index in [1.165, 1.54) is 0 Å². The third-order valence-electron chi connectivity index (χ3n) is 2.76. The molecule has 6 heteroatoms. The van der Waals surface area contributed by atoms with Crippen molar-refractivity contribution in [1.82, 2.24) is 5.32 Å². The van der Waals surface area contributed by atoms with Crippen LogP contribution in [0.1, 0.15) is 19.8 Å². The van der Waals surface area contributed by atoms with E-state index in [1.54, 1.807) is 18.2 Å². The average molecular weight is 320 g/mol. The second-order valence-corrected chi connectivity index (χ2v) is 5.49. The Hall–Kier alpha value is -0.970. The van der Waals surface area contributed by atoms with Gasteiger partial charge in [0, 0.05) is 24.2 Å². The molecule has 1 aromatic carbocycles. The highest BCUT2D eigenvalue weighted by atomic mass is 35.5. The molecule has 0 aliphatic heterocycles. The van der Waals surface area contributed by atoms with Crippen molar-refractivity contribution in [3.8, 4) is 5.75 Å². The smallest absolute Gasteiger partial charge is 0.257 e. The Morgan fingerprint density at radius 1 is 1.45 bits per heavy atom. The van der Waals surface area contributed by atoms with Gasteiger partial charge in [0.1, 0.15) is 5.75 Å². The molecular formula is C14H19Cl2NO3. The standard InChI is InChI=1S/C14H19Cl2NO3/c1-10(8-18)3-2-6-17-14(19)9-20-13-7-11(15)4-5-12(13)16/h4-5,7,10,18H,2-3,6,8-9H2,1H3,(H,17,19). The molecular weight excluding hydrogens is 301 g/mol. The second kappa shape index (κ2) is 9.06. The van der Waals surface area contributed by atoms with Gasteiger partial charge in [-0.3, -0.25) is 4.79 Å². The van der Waals surface area contributed by atoms with Crippen LogP contribution >= 0.6 is 23.2 Å². The summed E-state index contributed by atoms with van der Waals surface area (Å²) in [4.78, 5) is 11.6. The fourth-order valence-electron chi connectivity index (χ4n) is 1.55. The maximum Gasteiger partial charge on any atom is 0.257 e. The lowest BCUT2D eigenvalue weighted by Gasteiger charge is -2.10. The van der Waals surface area contributed by atoms with Crippen molar-refractivity contribution >= 4 is 29.1 Å². The maximum absolute atomic E-state index is 11.6. The lowest BCUT2D eigenvalue weighted by atomic mass is 10.1. The molecule has 1 amide bonds. The monoisotopic (exact) mass is 319 g/mol. The van der Waals surface area contributed by atoms with Crippen LogP contribution in [0.15, 0.2) is 18.2 Å². The van der Waals surface area contributed by atoms with E-state index in [2.05, 4.69) is 5.32 Å². The van der Waals surface area contributed by atoms with Crippen LogP contribution in [0.25, 0.3) is 0 Å². The molecule has 4 nitrogen and oxygen atoms in total. The maximum atomic E-state index is 11.6. The molecule has 1 atom stereocenters. The highest BCUT2D eigenvalue weighted by molar-refractivity contribution is 6.34. The summed E-state index contributed by atoms with van der Waals surface area (Å²) >= 11 is 11.7. The van der Waals surface area contributed by atoms with Crippen molar-refractivity contribution < 1.29 is 14.6 Å². The molecule has 0 fully saturated rings. The molecule has 1 rings (SSSR count). The fraction of sp³-hybridized carbons (Fsp3) is 0.500. The van der Waals surface area contributed by atoms with Crippen molar-refractivity contribution in [1.29, 1.82) is 0 Å². The van der Waals surface area contributed by atoms with Gasteiger partial charge in [-0.25, -0.2) is 0 Å². The lowest BCUT2D eigenvalue weighted by molar-refractivity contribution is -0.123. The van der Waals surface area contributed by atoms with E-state index in [0.29, 0.717) is 22.3 Å². The third-order valence-corrected chi connectivity index (χ3v) is 3.31. The lowest BCUT2D eigenvalue weighted by Crippen LogP contribution is -2.30. The summed E-state index contributed by atoms with van der Waals surface area (Å²) in [6, 6.07) is 4.84. The Labute approximate surface area is 129 Å². The molecule has 1 unspecified atom stereocenters. The van der Waals surface area contributed by atoms with Gasteiger partial charge in [-0.2, -0.15) is 0 Å². The summed E-state index contributed by atoms with van der Waals surface area (Å²) in [6.45, 7) is 2.60. The number of aliphatic hydroxyl groups is 1. The van der Waals surface area contributed by atoms with Gasteiger partial charge in [-0.05, 0) is 30.9 Å². The predicted octanol–water partition coefficient (Wildman–Crippen LogP) is 2.90. The molecule has 0 spiro atoms. The van der Waals surface area contributed by atoms with Crippen LogP contribution in [0.4, 0.5) is 0 Å². The first-order valence-electron chi connectivity index (χ1n) is 6.48. The van der Waals surface area contributed by atoms with Crippen LogP contribution in [-0.2, 0) is 4.79 Å². The molecule has 0 aliphatic carbocycles. The van der Waals surface area contributed by atoms with E-state index in [-0.39, 0.29) is 25.0 Å². The van der Waals surface area contributed by atoms with E-state index in [1.807, 2.05) is 6.92 Å². The fourth-order valence-corrected chi connectivity index (χ4v) is 1.89. The molecule has 0 saturated carbocycles. The number of nitrogens with one attached hydrogen (secondary N) is 1. The van der Waals surface area contributed by atoms with Gasteiger partial charge in [0.2, 0.25) is 0 Å². The Morgan fingerprint density at radius 3 is 2.90 bits per heavy atom. The number of carbonyl (C=O) groups is 1. The number of hydrogen-bond donors (Lipinski definition) is 2. The van der Waals surface area contributed by atoms with Gasteiger partial charge < -0.3 is 15.2 Å². The largest absolute Gasteiger partial charge is 0.482 e. The molecule has 0 saturated heterocycles. The van der Waals surface area contributed by atoms with Gasteiger partial charge >= 0.3 is 0 Å². The van der Waals surface area contributed by atoms with Crippen LogP contribution in [0.5, 0.6) is 5.75 Å². The zero-order valence-electron chi connectivity index (χ0n) is 11.4. The number of aliphatic hydroxyl groups excluding tert-OH is 1. The Bertz CT molecular complexity index is 440. The summed E-state index contributed by atoms with van der Waals surface area (Å²) < 4.78 is 5.31. The number of carbonyl (C=O) groups excluding carboxylic acids is 1. The first-order valence-corrected chi connectivity index (χ1v) is 7.24. The number of hydrogen-bond acceptors (Lipinski definition) is 3. The van der Waals surface area contributed by atoms with E-state index in [4.69, 9.17) is 33.0 Å². The molecule has 0 radical (unpaired) electrons. The van der Waals surface area contributed by atoms with Gasteiger partial charge in [0.25, 0.3) is 5.91 Å². The minimum atomic E-state index is -0.210. The van der Waals surface area contributed by atoms with Gasteiger partial charge in [-0.1, -0.05) is 30.1 Å². The van der Waals surface area contributed by atoms with Crippen LogP contribution in [0.2, 0.25) is 10.0 Å². The van der Waals surface area contributed by atoms with E-state index in [0.717, 1.165) is 12.8 Å². The quantitative estimate of drug-likeness (QED) is 0.724. The SMILES string of the molecule is CC(CO)CCCNC(=O)COc1cc(Cl)ccc1Cl. The topological polar surface area (TPSA) is 58.6 Å². The summed E-state index contributed by atoms with van der Waals surface area (Å²) in [7, 11) is 0. The van der Waals surface area contributed by atoms with Crippen LogP contribution in [0.3, 0.4) is 0 Å². The van der Waals surface area contributed by atoms with Gasteiger partial charge in [0.15, 0.2) is 6.61 Å². The summed E-state index contributed by atoms with van der Waals surface area (Å²) in [5.41, 5.74) is 0. The van der Waals surface area contributed by atoms with E-state index in [9.17, 15) is 4.79 Å². The first-order chi connectivity index (χ1) is 9.52. The molecule has 0 aromatic heterocycles. The van der Waals surface area contributed by atoms with Crippen molar-refractivity contribution in [2.45, 2.75) is 19.8 Å². The van der Waals surface area contributed by atoms with Crippen LogP contribution < -0.4 is 10.1 Å².